The number of benzene rings is 2. The van der Waals surface area contributed by atoms with Crippen LogP contribution in [0.4, 0.5) is 11.4 Å². The van der Waals surface area contributed by atoms with Crippen LogP contribution in [0.5, 0.6) is 0 Å². The van der Waals surface area contributed by atoms with Gasteiger partial charge in [0.25, 0.3) is 5.91 Å². The molecule has 4 nitrogen and oxygen atoms in total. The van der Waals surface area contributed by atoms with Gasteiger partial charge in [-0.2, -0.15) is 0 Å². The molecule has 0 aromatic heterocycles. The SMILES string of the molecule is CCC(=O)Nc1cccc(C(=O)N(C)c2ccccc2)c1. The Morgan fingerprint density at radius 2 is 1.76 bits per heavy atom. The fraction of sp³-hybridized carbons (Fsp3) is 0.176. The van der Waals surface area contributed by atoms with Crippen LogP contribution in [0.25, 0.3) is 0 Å². The van der Waals surface area contributed by atoms with Gasteiger partial charge in [-0.25, -0.2) is 0 Å². The third kappa shape index (κ3) is 3.69. The van der Waals surface area contributed by atoms with Crippen molar-refractivity contribution in [2.75, 3.05) is 17.3 Å². The van der Waals surface area contributed by atoms with Crippen molar-refractivity contribution in [1.29, 1.82) is 0 Å². The van der Waals surface area contributed by atoms with Gasteiger partial charge in [-0.15, -0.1) is 0 Å². The van der Waals surface area contributed by atoms with Crippen LogP contribution < -0.4 is 10.2 Å². The summed E-state index contributed by atoms with van der Waals surface area (Å²) in [5.74, 6) is -0.190. The number of para-hydroxylation sites is 1. The molecule has 0 heterocycles. The van der Waals surface area contributed by atoms with Gasteiger partial charge in [0.05, 0.1) is 0 Å². The fourth-order valence-electron chi connectivity index (χ4n) is 1.94. The van der Waals surface area contributed by atoms with Crippen molar-refractivity contribution in [2.45, 2.75) is 13.3 Å². The number of carbonyl (C=O) groups excluding carboxylic acids is 2. The maximum Gasteiger partial charge on any atom is 0.258 e. The molecule has 108 valence electrons. The second-order valence-corrected chi connectivity index (χ2v) is 4.68. The first-order valence-corrected chi connectivity index (χ1v) is 6.85. The zero-order valence-corrected chi connectivity index (χ0v) is 12.2. The Morgan fingerprint density at radius 1 is 1.05 bits per heavy atom. The minimum Gasteiger partial charge on any atom is -0.326 e. The molecule has 0 saturated carbocycles. The first-order valence-electron chi connectivity index (χ1n) is 6.85. The molecule has 0 aliphatic carbocycles. The second-order valence-electron chi connectivity index (χ2n) is 4.68. The lowest BCUT2D eigenvalue weighted by molar-refractivity contribution is -0.115. The van der Waals surface area contributed by atoms with Crippen molar-refractivity contribution in [3.8, 4) is 0 Å². The Bertz CT molecular complexity index is 638. The summed E-state index contributed by atoms with van der Waals surface area (Å²) in [5.41, 5.74) is 2.00. The lowest BCUT2D eigenvalue weighted by Gasteiger charge is -2.17. The van der Waals surface area contributed by atoms with E-state index in [4.69, 9.17) is 0 Å². The van der Waals surface area contributed by atoms with E-state index in [1.165, 1.54) is 0 Å². The van der Waals surface area contributed by atoms with Crippen LogP contribution in [0.2, 0.25) is 0 Å². The number of nitrogens with zero attached hydrogens (tertiary/aromatic N) is 1. The van der Waals surface area contributed by atoms with Crippen LogP contribution in [0.3, 0.4) is 0 Å². The molecule has 0 unspecified atom stereocenters. The van der Waals surface area contributed by atoms with Gasteiger partial charge in [0.2, 0.25) is 5.91 Å². The minimum atomic E-state index is -0.117. The third-order valence-corrected chi connectivity index (χ3v) is 3.16. The Balaban J connectivity index is 2.19. The van der Waals surface area contributed by atoms with Crippen LogP contribution in [0, 0.1) is 0 Å². The molecule has 2 rings (SSSR count). The molecule has 0 bridgehead atoms. The van der Waals surface area contributed by atoms with E-state index in [1.54, 1.807) is 43.1 Å². The smallest absolute Gasteiger partial charge is 0.258 e. The van der Waals surface area contributed by atoms with Crippen molar-refractivity contribution in [2.24, 2.45) is 0 Å². The highest BCUT2D eigenvalue weighted by atomic mass is 16.2. The van der Waals surface area contributed by atoms with Gasteiger partial charge in [-0.3, -0.25) is 9.59 Å². The minimum absolute atomic E-state index is 0.0731. The molecule has 0 saturated heterocycles. The number of hydrogen-bond acceptors (Lipinski definition) is 2. The highest BCUT2D eigenvalue weighted by molar-refractivity contribution is 6.06. The summed E-state index contributed by atoms with van der Waals surface area (Å²) in [5, 5.41) is 2.76. The molecule has 0 atom stereocenters. The maximum atomic E-state index is 12.5. The van der Waals surface area contributed by atoms with E-state index in [2.05, 4.69) is 5.32 Å². The molecule has 2 aromatic carbocycles. The highest BCUT2D eigenvalue weighted by Crippen LogP contribution is 2.17. The standard InChI is InChI=1S/C17H18N2O2/c1-3-16(20)18-14-9-7-8-13(12-14)17(21)19(2)15-10-5-4-6-11-15/h4-12H,3H2,1-2H3,(H,18,20). The van der Waals surface area contributed by atoms with E-state index in [9.17, 15) is 9.59 Å². The van der Waals surface area contributed by atoms with Gasteiger partial charge in [0.15, 0.2) is 0 Å². The summed E-state index contributed by atoms with van der Waals surface area (Å²) in [6, 6.07) is 16.4. The zero-order chi connectivity index (χ0) is 15.2. The molecule has 0 fully saturated rings. The van der Waals surface area contributed by atoms with Crippen LogP contribution in [-0.2, 0) is 4.79 Å². The average Bonchev–Trinajstić information content (AvgIpc) is 2.54. The Hall–Kier alpha value is -2.62. The van der Waals surface area contributed by atoms with Gasteiger partial charge in [0.1, 0.15) is 0 Å². The number of rotatable bonds is 4. The van der Waals surface area contributed by atoms with E-state index in [-0.39, 0.29) is 11.8 Å². The van der Waals surface area contributed by atoms with Crippen molar-refractivity contribution in [3.05, 3.63) is 60.2 Å². The van der Waals surface area contributed by atoms with Crippen LogP contribution in [-0.4, -0.2) is 18.9 Å². The van der Waals surface area contributed by atoms with Crippen LogP contribution in [0.15, 0.2) is 54.6 Å². The number of carbonyl (C=O) groups is 2. The van der Waals surface area contributed by atoms with Crippen molar-refractivity contribution in [3.63, 3.8) is 0 Å². The number of amides is 2. The third-order valence-electron chi connectivity index (χ3n) is 3.16. The molecule has 0 spiro atoms. The molecule has 2 amide bonds. The second kappa shape index (κ2) is 6.70. The first-order chi connectivity index (χ1) is 10.1. The summed E-state index contributed by atoms with van der Waals surface area (Å²) >= 11 is 0. The number of hydrogen-bond donors (Lipinski definition) is 1. The van der Waals surface area contributed by atoms with Gasteiger partial charge in [0, 0.05) is 30.4 Å². The molecule has 4 heteroatoms. The van der Waals surface area contributed by atoms with Crippen molar-refractivity contribution >= 4 is 23.2 Å². The summed E-state index contributed by atoms with van der Waals surface area (Å²) < 4.78 is 0. The summed E-state index contributed by atoms with van der Waals surface area (Å²) in [6.07, 6.45) is 0.405. The summed E-state index contributed by atoms with van der Waals surface area (Å²) in [6.45, 7) is 1.79. The Morgan fingerprint density at radius 3 is 2.43 bits per heavy atom. The summed E-state index contributed by atoms with van der Waals surface area (Å²) in [7, 11) is 1.73. The predicted molar refractivity (Wildman–Crippen MR) is 84.5 cm³/mol. The van der Waals surface area contributed by atoms with E-state index < -0.39 is 0 Å². The van der Waals surface area contributed by atoms with Gasteiger partial charge in [-0.05, 0) is 30.3 Å². The molecule has 0 radical (unpaired) electrons. The largest absolute Gasteiger partial charge is 0.326 e. The Kier molecular flexibility index (Phi) is 4.72. The quantitative estimate of drug-likeness (QED) is 0.935. The fourth-order valence-corrected chi connectivity index (χ4v) is 1.94. The van der Waals surface area contributed by atoms with Gasteiger partial charge >= 0.3 is 0 Å². The normalized spacial score (nSPS) is 10.0. The lowest BCUT2D eigenvalue weighted by Crippen LogP contribution is -2.26. The molecule has 0 aliphatic rings. The Labute approximate surface area is 124 Å². The van der Waals surface area contributed by atoms with E-state index >= 15 is 0 Å². The molecule has 0 aliphatic heterocycles. The van der Waals surface area contributed by atoms with Gasteiger partial charge in [-0.1, -0.05) is 31.2 Å². The topological polar surface area (TPSA) is 49.4 Å². The molecular weight excluding hydrogens is 264 g/mol. The van der Waals surface area contributed by atoms with Crippen molar-refractivity contribution in [1.82, 2.24) is 0 Å². The first kappa shape index (κ1) is 14.8. The molecule has 1 N–H and O–H groups in total. The van der Waals surface area contributed by atoms with Crippen LogP contribution >= 0.6 is 0 Å². The van der Waals surface area contributed by atoms with Crippen LogP contribution in [0.1, 0.15) is 23.7 Å². The number of nitrogens with one attached hydrogen (secondary N) is 1. The zero-order valence-electron chi connectivity index (χ0n) is 12.2. The van der Waals surface area contributed by atoms with E-state index in [1.807, 2.05) is 30.3 Å². The van der Waals surface area contributed by atoms with E-state index in [0.29, 0.717) is 17.7 Å². The average molecular weight is 282 g/mol. The van der Waals surface area contributed by atoms with E-state index in [0.717, 1.165) is 5.69 Å². The molecule has 21 heavy (non-hydrogen) atoms. The predicted octanol–water partition coefficient (Wildman–Crippen LogP) is 3.31. The summed E-state index contributed by atoms with van der Waals surface area (Å²) in [4.78, 5) is 25.5. The molecular formula is C17H18N2O2. The van der Waals surface area contributed by atoms with Crippen molar-refractivity contribution < 1.29 is 9.59 Å². The monoisotopic (exact) mass is 282 g/mol. The maximum absolute atomic E-state index is 12.5. The molecule has 2 aromatic rings. The lowest BCUT2D eigenvalue weighted by atomic mass is 10.1. The highest BCUT2D eigenvalue weighted by Gasteiger charge is 2.13. The number of anilines is 2. The van der Waals surface area contributed by atoms with Gasteiger partial charge < -0.3 is 10.2 Å².